The molecule has 0 aliphatic heterocycles. The first-order valence-corrected chi connectivity index (χ1v) is 8.47. The van der Waals surface area contributed by atoms with Crippen LogP contribution in [-0.4, -0.2) is 6.04 Å². The zero-order chi connectivity index (χ0) is 17.1. The van der Waals surface area contributed by atoms with Crippen molar-refractivity contribution in [1.82, 2.24) is 5.32 Å². The van der Waals surface area contributed by atoms with Crippen molar-refractivity contribution in [3.63, 3.8) is 0 Å². The Labute approximate surface area is 142 Å². The summed E-state index contributed by atoms with van der Waals surface area (Å²) in [5.41, 5.74) is 5.19. The molecule has 0 aromatic heterocycles. The standard InChI is InChI=1S/C22H31N/c1-6-9-11-20-15-18(4)16-21(17-20)14-13-19(5)23-22(8-3)12-10-7-2/h6-8,15-17,22-23H,1-3,5,9-14H2,4H3. The SMILES string of the molecule is C=CCCc1cc(C)cc(CCC(=C)NC(C=C)CCC=C)c1. The van der Waals surface area contributed by atoms with Crippen LogP contribution in [0.5, 0.6) is 0 Å². The van der Waals surface area contributed by atoms with Gasteiger partial charge in [-0.15, -0.1) is 19.7 Å². The Morgan fingerprint density at radius 3 is 2.30 bits per heavy atom. The van der Waals surface area contributed by atoms with E-state index in [1.807, 2.05) is 18.2 Å². The molecule has 0 saturated carbocycles. The maximum atomic E-state index is 4.16. The lowest BCUT2D eigenvalue weighted by Gasteiger charge is -2.17. The lowest BCUT2D eigenvalue weighted by Crippen LogP contribution is -2.25. The first-order chi connectivity index (χ1) is 11.1. The van der Waals surface area contributed by atoms with Crippen molar-refractivity contribution in [3.05, 3.63) is 85.1 Å². The maximum Gasteiger partial charge on any atom is 0.0441 e. The van der Waals surface area contributed by atoms with Crippen LogP contribution in [0.3, 0.4) is 0 Å². The summed E-state index contributed by atoms with van der Waals surface area (Å²) in [6.45, 7) is 17.8. The predicted octanol–water partition coefficient (Wildman–Crippen LogP) is 5.67. The minimum absolute atomic E-state index is 0.279. The molecule has 1 aromatic rings. The van der Waals surface area contributed by atoms with E-state index < -0.39 is 0 Å². The zero-order valence-electron chi connectivity index (χ0n) is 14.6. The van der Waals surface area contributed by atoms with Crippen LogP contribution in [0.25, 0.3) is 0 Å². The summed E-state index contributed by atoms with van der Waals surface area (Å²) < 4.78 is 0. The number of nitrogens with one attached hydrogen (secondary N) is 1. The first-order valence-electron chi connectivity index (χ1n) is 8.47. The highest BCUT2D eigenvalue weighted by atomic mass is 14.9. The third-order valence-electron chi connectivity index (χ3n) is 3.91. The summed E-state index contributed by atoms with van der Waals surface area (Å²) >= 11 is 0. The van der Waals surface area contributed by atoms with Crippen LogP contribution in [0.15, 0.2) is 68.4 Å². The monoisotopic (exact) mass is 309 g/mol. The summed E-state index contributed by atoms with van der Waals surface area (Å²) in [4.78, 5) is 0. The van der Waals surface area contributed by atoms with E-state index in [-0.39, 0.29) is 6.04 Å². The van der Waals surface area contributed by atoms with Gasteiger partial charge in [0.05, 0.1) is 0 Å². The van der Waals surface area contributed by atoms with Gasteiger partial charge in [-0.25, -0.2) is 0 Å². The van der Waals surface area contributed by atoms with Gasteiger partial charge in [0.2, 0.25) is 0 Å². The Balaban J connectivity index is 2.54. The summed E-state index contributed by atoms with van der Waals surface area (Å²) in [6.07, 6.45) is 11.9. The molecule has 0 fully saturated rings. The van der Waals surface area contributed by atoms with E-state index >= 15 is 0 Å². The highest BCUT2D eigenvalue weighted by Gasteiger charge is 2.05. The molecule has 1 unspecified atom stereocenters. The number of allylic oxidation sites excluding steroid dienone is 3. The average molecular weight is 309 g/mol. The van der Waals surface area contributed by atoms with Crippen LogP contribution < -0.4 is 5.32 Å². The van der Waals surface area contributed by atoms with Gasteiger partial charge in [-0.2, -0.15) is 0 Å². The Kier molecular flexibility index (Phi) is 8.82. The number of hydrogen-bond donors (Lipinski definition) is 1. The van der Waals surface area contributed by atoms with Gasteiger partial charge in [0.25, 0.3) is 0 Å². The van der Waals surface area contributed by atoms with Gasteiger partial charge in [-0.1, -0.05) is 48.6 Å². The Morgan fingerprint density at radius 2 is 1.70 bits per heavy atom. The van der Waals surface area contributed by atoms with Gasteiger partial charge in [0, 0.05) is 11.7 Å². The molecule has 0 saturated heterocycles. The van der Waals surface area contributed by atoms with Gasteiger partial charge in [0.15, 0.2) is 0 Å². The van der Waals surface area contributed by atoms with E-state index in [2.05, 4.69) is 56.8 Å². The van der Waals surface area contributed by atoms with Crippen molar-refractivity contribution < 1.29 is 0 Å². The van der Waals surface area contributed by atoms with Gasteiger partial charge >= 0.3 is 0 Å². The molecule has 1 atom stereocenters. The largest absolute Gasteiger partial charge is 0.383 e. The molecule has 0 bridgehead atoms. The normalized spacial score (nSPS) is 11.5. The van der Waals surface area contributed by atoms with E-state index in [0.29, 0.717) is 0 Å². The van der Waals surface area contributed by atoms with E-state index in [1.165, 1.54) is 16.7 Å². The summed E-state index contributed by atoms with van der Waals surface area (Å²) in [7, 11) is 0. The van der Waals surface area contributed by atoms with Crippen molar-refractivity contribution in [2.75, 3.05) is 0 Å². The first kappa shape index (κ1) is 19.0. The van der Waals surface area contributed by atoms with Crippen LogP contribution in [0, 0.1) is 6.92 Å². The molecule has 1 N–H and O–H groups in total. The van der Waals surface area contributed by atoms with E-state index in [4.69, 9.17) is 0 Å². The number of hydrogen-bond acceptors (Lipinski definition) is 1. The highest BCUT2D eigenvalue weighted by molar-refractivity contribution is 5.30. The summed E-state index contributed by atoms with van der Waals surface area (Å²) in [5, 5.41) is 3.46. The third-order valence-corrected chi connectivity index (χ3v) is 3.91. The molecule has 0 amide bonds. The van der Waals surface area contributed by atoms with Crippen molar-refractivity contribution >= 4 is 0 Å². The van der Waals surface area contributed by atoms with Gasteiger partial charge < -0.3 is 5.32 Å². The molecule has 0 aliphatic rings. The molecule has 0 aliphatic carbocycles. The molecule has 0 spiro atoms. The van der Waals surface area contributed by atoms with Crippen molar-refractivity contribution in [2.24, 2.45) is 0 Å². The number of aryl methyl sites for hydroxylation is 3. The average Bonchev–Trinajstić information content (AvgIpc) is 2.54. The molecule has 1 nitrogen and oxygen atoms in total. The Morgan fingerprint density at radius 1 is 1.04 bits per heavy atom. The quantitative estimate of drug-likeness (QED) is 0.490. The van der Waals surface area contributed by atoms with E-state index in [9.17, 15) is 0 Å². The molecule has 0 heterocycles. The second-order valence-corrected chi connectivity index (χ2v) is 6.11. The number of benzene rings is 1. The molecule has 0 radical (unpaired) electrons. The molecular formula is C22H31N. The van der Waals surface area contributed by atoms with Crippen LogP contribution in [0.1, 0.15) is 42.4 Å². The molecular weight excluding hydrogens is 278 g/mol. The molecule has 1 heteroatoms. The zero-order valence-corrected chi connectivity index (χ0v) is 14.6. The smallest absolute Gasteiger partial charge is 0.0441 e. The second-order valence-electron chi connectivity index (χ2n) is 6.11. The fraction of sp³-hybridized carbons (Fsp3) is 0.364. The minimum Gasteiger partial charge on any atom is -0.383 e. The number of rotatable bonds is 12. The van der Waals surface area contributed by atoms with Crippen molar-refractivity contribution in [3.8, 4) is 0 Å². The minimum atomic E-state index is 0.279. The molecule has 1 rings (SSSR count). The van der Waals surface area contributed by atoms with Crippen LogP contribution in [-0.2, 0) is 12.8 Å². The molecule has 1 aromatic carbocycles. The fourth-order valence-corrected chi connectivity index (χ4v) is 2.68. The van der Waals surface area contributed by atoms with E-state index in [1.54, 1.807) is 0 Å². The Hall–Kier alpha value is -2.02. The lowest BCUT2D eigenvalue weighted by atomic mass is 9.99. The fourth-order valence-electron chi connectivity index (χ4n) is 2.68. The van der Waals surface area contributed by atoms with Gasteiger partial charge in [-0.3, -0.25) is 0 Å². The van der Waals surface area contributed by atoms with Crippen LogP contribution >= 0.6 is 0 Å². The topological polar surface area (TPSA) is 12.0 Å². The van der Waals surface area contributed by atoms with Gasteiger partial charge in [0.1, 0.15) is 0 Å². The van der Waals surface area contributed by atoms with Crippen molar-refractivity contribution in [1.29, 1.82) is 0 Å². The summed E-state index contributed by atoms with van der Waals surface area (Å²) in [6, 6.07) is 7.13. The Bertz CT molecular complexity index is 539. The predicted molar refractivity (Wildman–Crippen MR) is 104 cm³/mol. The lowest BCUT2D eigenvalue weighted by molar-refractivity contribution is 0.606. The highest BCUT2D eigenvalue weighted by Crippen LogP contribution is 2.15. The van der Waals surface area contributed by atoms with Crippen LogP contribution in [0.2, 0.25) is 0 Å². The van der Waals surface area contributed by atoms with Crippen LogP contribution in [0.4, 0.5) is 0 Å². The van der Waals surface area contributed by atoms with Crippen molar-refractivity contribution in [2.45, 2.75) is 51.5 Å². The second kappa shape index (κ2) is 10.7. The maximum absolute atomic E-state index is 4.16. The summed E-state index contributed by atoms with van der Waals surface area (Å²) in [5.74, 6) is 0. The molecule has 124 valence electrons. The van der Waals surface area contributed by atoms with E-state index in [0.717, 1.165) is 44.2 Å². The third kappa shape index (κ3) is 7.69. The van der Waals surface area contributed by atoms with Gasteiger partial charge in [-0.05, 0) is 56.6 Å². The molecule has 23 heavy (non-hydrogen) atoms.